The van der Waals surface area contributed by atoms with E-state index in [9.17, 15) is 9.50 Å². The number of aryl methyl sites for hydroxylation is 1. The molecule has 2 aliphatic rings. The van der Waals surface area contributed by atoms with E-state index in [4.69, 9.17) is 0 Å². The topological polar surface area (TPSA) is 79.1 Å². The number of rotatable bonds is 5. The van der Waals surface area contributed by atoms with E-state index in [1.807, 2.05) is 41.9 Å². The summed E-state index contributed by atoms with van der Waals surface area (Å²) in [6.07, 6.45) is 8.82. The highest BCUT2D eigenvalue weighted by Crippen LogP contribution is 2.35. The van der Waals surface area contributed by atoms with Gasteiger partial charge in [0.15, 0.2) is 0 Å². The van der Waals surface area contributed by atoms with E-state index in [0.717, 1.165) is 36.9 Å². The average Bonchev–Trinajstić information content (AvgIpc) is 3.43. The Balaban J connectivity index is 1.35. The fourth-order valence-corrected chi connectivity index (χ4v) is 4.77. The number of hydrogen-bond donors (Lipinski definition) is 2. The van der Waals surface area contributed by atoms with Crippen LogP contribution in [0.3, 0.4) is 0 Å². The van der Waals surface area contributed by atoms with E-state index in [1.54, 1.807) is 24.7 Å². The van der Waals surface area contributed by atoms with Crippen molar-refractivity contribution in [2.24, 2.45) is 0 Å². The van der Waals surface area contributed by atoms with Crippen molar-refractivity contribution in [2.45, 2.75) is 57.0 Å². The number of halogens is 1. The molecule has 4 heterocycles. The van der Waals surface area contributed by atoms with Crippen molar-refractivity contribution in [3.63, 3.8) is 0 Å². The van der Waals surface area contributed by atoms with Crippen molar-refractivity contribution in [1.29, 1.82) is 0 Å². The van der Waals surface area contributed by atoms with Crippen LogP contribution in [0.15, 0.2) is 43.0 Å². The molecule has 2 N–H and O–H groups in total. The van der Waals surface area contributed by atoms with Crippen LogP contribution in [0, 0.1) is 0 Å². The predicted molar refractivity (Wildman–Crippen MR) is 118 cm³/mol. The molecule has 2 bridgehead atoms. The predicted octanol–water partition coefficient (Wildman–Crippen LogP) is 3.40. The number of fused-ring (bicyclic) bond motifs is 2. The number of piperidine rings is 1. The number of nitrogens with one attached hydrogen (secondary N) is 1. The summed E-state index contributed by atoms with van der Waals surface area (Å²) in [5.41, 5.74) is 3.02. The van der Waals surface area contributed by atoms with Gasteiger partial charge in [-0.15, -0.1) is 0 Å². The van der Waals surface area contributed by atoms with E-state index in [1.165, 1.54) is 0 Å². The molecule has 162 valence electrons. The van der Waals surface area contributed by atoms with Crippen LogP contribution in [0.4, 0.5) is 10.2 Å². The van der Waals surface area contributed by atoms with Crippen LogP contribution in [-0.2, 0) is 6.54 Å². The number of phenolic OH excluding ortho intramolecular Hbond substituents is 1. The number of phenols is 1. The third-order valence-corrected chi connectivity index (χ3v) is 6.62. The molecule has 8 heteroatoms. The summed E-state index contributed by atoms with van der Waals surface area (Å²) in [6.45, 7) is 2.82. The summed E-state index contributed by atoms with van der Waals surface area (Å²) >= 11 is 0. The van der Waals surface area contributed by atoms with Gasteiger partial charge in [-0.1, -0.05) is 6.07 Å². The van der Waals surface area contributed by atoms with E-state index < -0.39 is 6.17 Å². The maximum atomic E-state index is 14.9. The Morgan fingerprint density at radius 1 is 1.19 bits per heavy atom. The minimum absolute atomic E-state index is 0.0571. The molecule has 0 aliphatic carbocycles. The van der Waals surface area contributed by atoms with E-state index in [0.29, 0.717) is 23.1 Å². The Bertz CT molecular complexity index is 1070. The van der Waals surface area contributed by atoms with Crippen LogP contribution >= 0.6 is 0 Å². The number of nitrogens with zero attached hydrogens (tertiary/aromatic N) is 5. The first-order chi connectivity index (χ1) is 15.0. The highest BCUT2D eigenvalue weighted by atomic mass is 19.1. The van der Waals surface area contributed by atoms with Crippen LogP contribution in [0.25, 0.3) is 22.4 Å². The minimum Gasteiger partial charge on any atom is -0.507 e. The van der Waals surface area contributed by atoms with Crippen LogP contribution in [0.1, 0.15) is 26.2 Å². The Hall–Kier alpha value is -3.00. The highest BCUT2D eigenvalue weighted by Gasteiger charge is 2.43. The average molecular weight is 423 g/mol. The van der Waals surface area contributed by atoms with Gasteiger partial charge in [-0.25, -0.2) is 9.37 Å². The molecule has 0 saturated carbocycles. The molecule has 0 amide bonds. The Morgan fingerprint density at radius 3 is 2.77 bits per heavy atom. The van der Waals surface area contributed by atoms with E-state index in [-0.39, 0.29) is 17.8 Å². The summed E-state index contributed by atoms with van der Waals surface area (Å²) in [5.74, 6) is 0.775. The van der Waals surface area contributed by atoms with E-state index >= 15 is 0 Å². The number of benzene rings is 1. The van der Waals surface area contributed by atoms with Gasteiger partial charge in [0, 0.05) is 43.0 Å². The quantitative estimate of drug-likeness (QED) is 0.656. The van der Waals surface area contributed by atoms with Crippen LogP contribution in [0.5, 0.6) is 5.75 Å². The zero-order chi connectivity index (χ0) is 21.5. The molecular weight excluding hydrogens is 395 g/mol. The number of aromatic hydroxyl groups is 1. The number of hydrogen-bond acceptors (Lipinski definition) is 6. The van der Waals surface area contributed by atoms with Crippen LogP contribution < -0.4 is 10.2 Å². The lowest BCUT2D eigenvalue weighted by molar-refractivity contribution is 0.176. The van der Waals surface area contributed by atoms with Crippen molar-refractivity contribution in [3.8, 4) is 28.1 Å². The Kier molecular flexibility index (Phi) is 5.09. The van der Waals surface area contributed by atoms with Gasteiger partial charge < -0.3 is 15.3 Å². The fraction of sp³-hybridized carbons (Fsp3) is 0.435. The molecule has 31 heavy (non-hydrogen) atoms. The normalized spacial score (nSPS) is 25.0. The molecule has 2 saturated heterocycles. The Morgan fingerprint density at radius 2 is 2.06 bits per heavy atom. The monoisotopic (exact) mass is 422 g/mol. The summed E-state index contributed by atoms with van der Waals surface area (Å²) < 4.78 is 16.7. The second kappa shape index (κ2) is 7.92. The zero-order valence-corrected chi connectivity index (χ0v) is 17.7. The van der Waals surface area contributed by atoms with Gasteiger partial charge >= 0.3 is 0 Å². The third-order valence-electron chi connectivity index (χ3n) is 6.62. The fourth-order valence-electron chi connectivity index (χ4n) is 4.77. The van der Waals surface area contributed by atoms with E-state index in [2.05, 4.69) is 20.4 Å². The van der Waals surface area contributed by atoms with Crippen LogP contribution in [-0.4, -0.2) is 56.2 Å². The SMILES string of the molecule is CCn1cc(-c2ccc(-c3cnc(N(C)[C@@H]4CC5CCC(N5)[C@@H]4F)cn3)c(O)c2)cn1. The van der Waals surface area contributed by atoms with Crippen molar-refractivity contribution >= 4 is 5.82 Å². The lowest BCUT2D eigenvalue weighted by Gasteiger charge is -2.38. The Labute approximate surface area is 180 Å². The number of aromatic nitrogens is 4. The number of alkyl halides is 1. The molecule has 2 unspecified atom stereocenters. The molecule has 4 atom stereocenters. The maximum Gasteiger partial charge on any atom is 0.147 e. The summed E-state index contributed by atoms with van der Waals surface area (Å²) in [4.78, 5) is 10.9. The highest BCUT2D eigenvalue weighted by molar-refractivity contribution is 5.73. The standard InChI is InChI=1S/C23H27FN6O/c1-3-30-13-15(10-27-30)14-4-6-17(21(31)8-14)19-11-26-22(12-25-19)29(2)20-9-16-5-7-18(28-16)23(20)24/h4,6,8,10-13,16,18,20,23,28,31H,3,5,7,9H2,1-2H3/t16?,18?,20-,23+/m1/s1. The molecule has 2 aliphatic heterocycles. The maximum absolute atomic E-state index is 14.9. The lowest BCUT2D eigenvalue weighted by Crippen LogP contribution is -2.55. The number of anilines is 1. The second-order valence-electron chi connectivity index (χ2n) is 8.48. The molecule has 0 spiro atoms. The van der Waals surface area contributed by atoms with Gasteiger partial charge in [0.05, 0.1) is 30.3 Å². The summed E-state index contributed by atoms with van der Waals surface area (Å²) in [5, 5.41) is 18.2. The lowest BCUT2D eigenvalue weighted by atomic mass is 9.96. The van der Waals surface area contributed by atoms with Gasteiger partial charge in [0.1, 0.15) is 17.7 Å². The smallest absolute Gasteiger partial charge is 0.147 e. The summed E-state index contributed by atoms with van der Waals surface area (Å²) in [6, 6.07) is 5.62. The van der Waals surface area contributed by atoms with Gasteiger partial charge in [-0.3, -0.25) is 9.67 Å². The van der Waals surface area contributed by atoms with Gasteiger partial charge in [-0.2, -0.15) is 5.10 Å². The minimum atomic E-state index is -0.918. The van der Waals surface area contributed by atoms with Crippen molar-refractivity contribution in [2.75, 3.05) is 11.9 Å². The third kappa shape index (κ3) is 3.65. The molecule has 2 fully saturated rings. The van der Waals surface area contributed by atoms with Gasteiger partial charge in [0.2, 0.25) is 0 Å². The molecular formula is C23H27FN6O. The van der Waals surface area contributed by atoms with Gasteiger partial charge in [-0.05, 0) is 43.9 Å². The molecule has 1 aromatic carbocycles. The zero-order valence-electron chi connectivity index (χ0n) is 17.7. The molecule has 5 rings (SSSR count). The molecule has 3 aromatic rings. The van der Waals surface area contributed by atoms with Crippen LogP contribution in [0.2, 0.25) is 0 Å². The van der Waals surface area contributed by atoms with Crippen molar-refractivity contribution < 1.29 is 9.50 Å². The first kappa shape index (κ1) is 19.9. The first-order valence-electron chi connectivity index (χ1n) is 10.8. The van der Waals surface area contributed by atoms with Gasteiger partial charge in [0.25, 0.3) is 0 Å². The van der Waals surface area contributed by atoms with Crippen molar-refractivity contribution in [1.82, 2.24) is 25.1 Å². The molecule has 2 aromatic heterocycles. The molecule has 7 nitrogen and oxygen atoms in total. The first-order valence-corrected chi connectivity index (χ1v) is 10.8. The van der Waals surface area contributed by atoms with Crippen molar-refractivity contribution in [3.05, 3.63) is 43.0 Å². The summed E-state index contributed by atoms with van der Waals surface area (Å²) in [7, 11) is 1.88. The molecule has 0 radical (unpaired) electrons. The largest absolute Gasteiger partial charge is 0.507 e. The second-order valence-corrected chi connectivity index (χ2v) is 8.48.